The Morgan fingerprint density at radius 3 is 2.54 bits per heavy atom. The maximum atomic E-state index is 13.4. The van der Waals surface area contributed by atoms with Gasteiger partial charge in [-0.3, -0.25) is 4.79 Å². The molecule has 3 saturated carbocycles. The van der Waals surface area contributed by atoms with Gasteiger partial charge in [0.1, 0.15) is 6.07 Å². The van der Waals surface area contributed by atoms with Gasteiger partial charge in [-0.05, 0) is 68.1 Å². The molecule has 5 aliphatic rings. The van der Waals surface area contributed by atoms with Crippen LogP contribution in [0.5, 0.6) is 0 Å². The molecule has 1 N–H and O–H groups in total. The summed E-state index contributed by atoms with van der Waals surface area (Å²) in [5.41, 5.74) is 1.24. The van der Waals surface area contributed by atoms with Crippen LogP contribution >= 0.6 is 0 Å². The fraction of sp³-hybridized carbons (Fsp3) is 0.760. The number of Topliss-reactive ketones (excluding diaryl/α,β-unsaturated/α-hetero) is 1. The molecule has 3 fully saturated rings. The minimum absolute atomic E-state index is 0.0532. The molecule has 0 radical (unpaired) electrons. The predicted octanol–water partition coefficient (Wildman–Crippen LogP) is 5.11. The van der Waals surface area contributed by atoms with Crippen molar-refractivity contribution in [3.63, 3.8) is 0 Å². The number of carbonyl (C=O) groups is 1. The predicted molar refractivity (Wildman–Crippen MR) is 108 cm³/mol. The van der Waals surface area contributed by atoms with Crippen LogP contribution in [0.2, 0.25) is 0 Å². The van der Waals surface area contributed by atoms with E-state index in [0.717, 1.165) is 57.8 Å². The number of allylic oxidation sites excluding steroid dienone is 4. The third-order valence-electron chi connectivity index (χ3n) is 9.80. The van der Waals surface area contributed by atoms with E-state index in [1.165, 1.54) is 12.0 Å². The van der Waals surface area contributed by atoms with E-state index in [9.17, 15) is 15.2 Å². The Bertz CT molecular complexity index is 811. The number of rotatable bonds is 0. The molecule has 0 aromatic heterocycles. The van der Waals surface area contributed by atoms with Crippen LogP contribution in [0.1, 0.15) is 78.1 Å². The molecular formula is C25H33NO2. The second-order valence-electron chi connectivity index (χ2n) is 10.8. The fourth-order valence-electron chi connectivity index (χ4n) is 8.38. The lowest BCUT2D eigenvalue weighted by Gasteiger charge is -2.59. The standard InChI is InChI=1S/C25H33NO2/c1-23-13-10-19-17(18(23)7-9-21(23)27)6-8-20-24(19,2)14-16(15-26)22(28)25(20)11-4-3-5-12-25/h8,14,17-19,21,27H,3-7,9-13H2,1-2H3/t17-,18-,19-,21-,23-,24+/m0/s1. The van der Waals surface area contributed by atoms with Gasteiger partial charge in [0.15, 0.2) is 5.78 Å². The lowest BCUT2D eigenvalue weighted by Crippen LogP contribution is -2.54. The highest BCUT2D eigenvalue weighted by atomic mass is 16.3. The summed E-state index contributed by atoms with van der Waals surface area (Å²) >= 11 is 0. The molecule has 1 spiro atoms. The monoisotopic (exact) mass is 379 g/mol. The van der Waals surface area contributed by atoms with Crippen LogP contribution in [0, 0.1) is 45.3 Å². The summed E-state index contributed by atoms with van der Waals surface area (Å²) < 4.78 is 0. The summed E-state index contributed by atoms with van der Waals surface area (Å²) in [6.07, 6.45) is 14.8. The Kier molecular flexibility index (Phi) is 4.02. The number of nitriles is 1. The van der Waals surface area contributed by atoms with Crippen molar-refractivity contribution in [2.24, 2.45) is 34.0 Å². The molecule has 6 atom stereocenters. The Hall–Kier alpha value is -1.40. The Morgan fingerprint density at radius 1 is 1.07 bits per heavy atom. The highest BCUT2D eigenvalue weighted by molar-refractivity contribution is 6.06. The largest absolute Gasteiger partial charge is 0.393 e. The van der Waals surface area contributed by atoms with Gasteiger partial charge in [0, 0.05) is 5.41 Å². The van der Waals surface area contributed by atoms with E-state index in [4.69, 9.17) is 0 Å². The van der Waals surface area contributed by atoms with Gasteiger partial charge in [0.05, 0.1) is 17.1 Å². The minimum Gasteiger partial charge on any atom is -0.393 e. The SMILES string of the molecule is C[C@]12CC[C@H]3[C@@H](CC=C4C5(CCCCC5)C(=O)C(C#N)=C[C@@]43C)[C@@H]1CC[C@@H]2O. The molecule has 3 heteroatoms. The van der Waals surface area contributed by atoms with Crippen LogP contribution in [0.3, 0.4) is 0 Å². The van der Waals surface area contributed by atoms with E-state index in [0.29, 0.717) is 23.3 Å². The molecular weight excluding hydrogens is 346 g/mol. The average Bonchev–Trinajstić information content (AvgIpc) is 3.00. The maximum Gasteiger partial charge on any atom is 0.183 e. The second kappa shape index (κ2) is 6.05. The van der Waals surface area contributed by atoms with Crippen molar-refractivity contribution in [2.75, 3.05) is 0 Å². The van der Waals surface area contributed by atoms with Crippen molar-refractivity contribution in [1.29, 1.82) is 5.26 Å². The van der Waals surface area contributed by atoms with Crippen molar-refractivity contribution < 1.29 is 9.90 Å². The van der Waals surface area contributed by atoms with Gasteiger partial charge in [-0.15, -0.1) is 0 Å². The molecule has 3 nitrogen and oxygen atoms in total. The molecule has 0 unspecified atom stereocenters. The summed E-state index contributed by atoms with van der Waals surface area (Å²) in [5, 5.41) is 20.5. The minimum atomic E-state index is -0.409. The first kappa shape index (κ1) is 18.6. The van der Waals surface area contributed by atoms with E-state index in [2.05, 4.69) is 32.1 Å². The summed E-state index contributed by atoms with van der Waals surface area (Å²) in [6.45, 7) is 4.63. The summed E-state index contributed by atoms with van der Waals surface area (Å²) in [4.78, 5) is 13.4. The van der Waals surface area contributed by atoms with E-state index >= 15 is 0 Å². The van der Waals surface area contributed by atoms with E-state index in [1.54, 1.807) is 0 Å². The third kappa shape index (κ3) is 2.16. The molecule has 0 aliphatic heterocycles. The average molecular weight is 380 g/mol. The lowest BCUT2D eigenvalue weighted by atomic mass is 9.44. The number of aliphatic hydroxyl groups excluding tert-OH is 1. The van der Waals surface area contributed by atoms with Gasteiger partial charge in [-0.25, -0.2) is 0 Å². The lowest BCUT2D eigenvalue weighted by molar-refractivity contribution is -0.127. The van der Waals surface area contributed by atoms with Crippen LogP contribution < -0.4 is 0 Å². The molecule has 0 aromatic rings. The fourth-order valence-corrected chi connectivity index (χ4v) is 8.38. The van der Waals surface area contributed by atoms with Gasteiger partial charge in [0.25, 0.3) is 0 Å². The number of fused-ring (bicyclic) bond motifs is 6. The highest BCUT2D eigenvalue weighted by Gasteiger charge is 2.62. The summed E-state index contributed by atoms with van der Waals surface area (Å²) in [6, 6.07) is 2.28. The Labute approximate surface area is 168 Å². The molecule has 0 aromatic carbocycles. The molecule has 0 heterocycles. The number of ketones is 1. The quantitative estimate of drug-likeness (QED) is 0.595. The van der Waals surface area contributed by atoms with Crippen molar-refractivity contribution in [3.8, 4) is 6.07 Å². The smallest absolute Gasteiger partial charge is 0.183 e. The van der Waals surface area contributed by atoms with Gasteiger partial charge < -0.3 is 5.11 Å². The van der Waals surface area contributed by atoms with Gasteiger partial charge in [0.2, 0.25) is 0 Å². The van der Waals surface area contributed by atoms with Crippen LogP contribution in [0.4, 0.5) is 0 Å². The van der Waals surface area contributed by atoms with Crippen molar-refractivity contribution in [2.45, 2.75) is 84.2 Å². The van der Waals surface area contributed by atoms with Crippen LogP contribution in [-0.4, -0.2) is 17.0 Å². The van der Waals surface area contributed by atoms with E-state index in [-0.39, 0.29) is 22.7 Å². The number of hydrogen-bond donors (Lipinski definition) is 1. The molecule has 5 aliphatic carbocycles. The Morgan fingerprint density at radius 2 is 1.82 bits per heavy atom. The first-order chi connectivity index (χ1) is 13.4. The van der Waals surface area contributed by atoms with Crippen molar-refractivity contribution in [3.05, 3.63) is 23.3 Å². The Balaban J connectivity index is 1.63. The van der Waals surface area contributed by atoms with Crippen molar-refractivity contribution in [1.82, 2.24) is 0 Å². The second-order valence-corrected chi connectivity index (χ2v) is 10.8. The number of hydrogen-bond acceptors (Lipinski definition) is 3. The summed E-state index contributed by atoms with van der Waals surface area (Å²) in [5.74, 6) is 1.73. The van der Waals surface area contributed by atoms with Crippen LogP contribution in [0.15, 0.2) is 23.3 Å². The molecule has 5 rings (SSSR count). The number of aliphatic hydroxyl groups is 1. The maximum absolute atomic E-state index is 13.4. The summed E-state index contributed by atoms with van der Waals surface area (Å²) in [7, 11) is 0. The molecule has 0 amide bonds. The zero-order valence-electron chi connectivity index (χ0n) is 17.3. The van der Waals surface area contributed by atoms with E-state index < -0.39 is 5.41 Å². The van der Waals surface area contributed by atoms with Gasteiger partial charge in [-0.1, -0.05) is 50.8 Å². The molecule has 0 bridgehead atoms. The molecule has 150 valence electrons. The van der Waals surface area contributed by atoms with Gasteiger partial charge >= 0.3 is 0 Å². The number of nitrogens with zero attached hydrogens (tertiary/aromatic N) is 1. The normalized spacial score (nSPS) is 46.7. The number of carbonyl (C=O) groups excluding carboxylic acids is 1. The van der Waals surface area contributed by atoms with Crippen LogP contribution in [-0.2, 0) is 4.79 Å². The van der Waals surface area contributed by atoms with Crippen LogP contribution in [0.25, 0.3) is 0 Å². The topological polar surface area (TPSA) is 61.1 Å². The molecule has 0 saturated heterocycles. The highest BCUT2D eigenvalue weighted by Crippen LogP contribution is 2.67. The zero-order chi connectivity index (χ0) is 19.7. The third-order valence-corrected chi connectivity index (χ3v) is 9.80. The van der Waals surface area contributed by atoms with Gasteiger partial charge in [-0.2, -0.15) is 5.26 Å². The first-order valence-electron chi connectivity index (χ1n) is 11.4. The molecule has 28 heavy (non-hydrogen) atoms. The first-order valence-corrected chi connectivity index (χ1v) is 11.4. The van der Waals surface area contributed by atoms with E-state index in [1.807, 2.05) is 0 Å². The van der Waals surface area contributed by atoms with Crippen molar-refractivity contribution >= 4 is 5.78 Å². The zero-order valence-corrected chi connectivity index (χ0v) is 17.3.